The van der Waals surface area contributed by atoms with E-state index in [1.165, 1.54) is 6.33 Å². The molecule has 1 aromatic heterocycles. The van der Waals surface area contributed by atoms with Crippen LogP contribution in [0, 0.1) is 0 Å². The Morgan fingerprint density at radius 1 is 1.50 bits per heavy atom. The van der Waals surface area contributed by atoms with Gasteiger partial charge in [0.05, 0.1) is 0 Å². The highest BCUT2D eigenvalue weighted by atomic mass is 16.2. The number of rotatable bonds is 5. The molecule has 0 saturated heterocycles. The van der Waals surface area contributed by atoms with Crippen LogP contribution in [0.2, 0.25) is 0 Å². The number of aromatic nitrogens is 2. The molecule has 1 unspecified atom stereocenters. The number of nitrogens with zero attached hydrogens (tertiary/aromatic N) is 3. The second-order valence-corrected chi connectivity index (χ2v) is 4.16. The van der Waals surface area contributed by atoms with Crippen molar-refractivity contribution in [2.75, 3.05) is 24.6 Å². The largest absolute Gasteiger partial charge is 0.383 e. The average molecular weight is 251 g/mol. The number of carbonyl (C=O) groups is 1. The first-order valence-electron chi connectivity index (χ1n) is 6.12. The maximum atomic E-state index is 12.0. The van der Waals surface area contributed by atoms with Crippen LogP contribution < -0.4 is 11.1 Å². The van der Waals surface area contributed by atoms with Gasteiger partial charge in [0.1, 0.15) is 24.0 Å². The highest BCUT2D eigenvalue weighted by molar-refractivity contribution is 5.84. The molecule has 1 atom stereocenters. The first kappa shape index (κ1) is 14.2. The van der Waals surface area contributed by atoms with Crippen molar-refractivity contribution in [3.8, 4) is 0 Å². The Bertz CT molecular complexity index is 421. The van der Waals surface area contributed by atoms with E-state index in [-0.39, 0.29) is 11.9 Å². The van der Waals surface area contributed by atoms with Crippen molar-refractivity contribution in [3.63, 3.8) is 0 Å². The minimum Gasteiger partial charge on any atom is -0.383 e. The molecule has 1 amide bonds. The Morgan fingerprint density at radius 3 is 2.72 bits per heavy atom. The zero-order valence-electron chi connectivity index (χ0n) is 11.4. The molecule has 0 bridgehead atoms. The van der Waals surface area contributed by atoms with E-state index in [9.17, 15) is 4.79 Å². The van der Waals surface area contributed by atoms with Crippen LogP contribution in [0.3, 0.4) is 0 Å². The van der Waals surface area contributed by atoms with Crippen LogP contribution in [0.25, 0.3) is 0 Å². The van der Waals surface area contributed by atoms with E-state index in [0.717, 1.165) is 12.0 Å². The molecule has 1 rings (SSSR count). The molecule has 0 aliphatic carbocycles. The minimum atomic E-state index is -0.338. The van der Waals surface area contributed by atoms with Crippen LogP contribution in [-0.4, -0.2) is 40.4 Å². The molecule has 3 N–H and O–H groups in total. The van der Waals surface area contributed by atoms with Gasteiger partial charge in [-0.25, -0.2) is 9.97 Å². The van der Waals surface area contributed by atoms with E-state index >= 15 is 0 Å². The van der Waals surface area contributed by atoms with E-state index in [1.54, 1.807) is 11.9 Å². The van der Waals surface area contributed by atoms with Gasteiger partial charge in [0.2, 0.25) is 5.91 Å². The van der Waals surface area contributed by atoms with E-state index in [2.05, 4.69) is 15.3 Å². The molecular weight excluding hydrogens is 230 g/mol. The quantitative estimate of drug-likeness (QED) is 0.812. The lowest BCUT2D eigenvalue weighted by molar-refractivity contribution is -0.130. The molecule has 0 radical (unpaired) electrons. The third-order valence-electron chi connectivity index (χ3n) is 2.91. The second kappa shape index (κ2) is 6.18. The number of anilines is 2. The second-order valence-electron chi connectivity index (χ2n) is 4.16. The van der Waals surface area contributed by atoms with Gasteiger partial charge in [0.25, 0.3) is 0 Å². The van der Waals surface area contributed by atoms with Crippen LogP contribution in [-0.2, 0) is 11.2 Å². The highest BCUT2D eigenvalue weighted by Crippen LogP contribution is 2.18. The molecule has 0 saturated carbocycles. The van der Waals surface area contributed by atoms with Gasteiger partial charge >= 0.3 is 0 Å². The average Bonchev–Trinajstić information content (AvgIpc) is 2.37. The zero-order valence-corrected chi connectivity index (χ0v) is 11.4. The van der Waals surface area contributed by atoms with Gasteiger partial charge in [-0.05, 0) is 20.3 Å². The molecule has 100 valence electrons. The SMILES string of the molecule is CCc1c(N)ncnc1NC(C)C(=O)N(C)CC. The minimum absolute atomic E-state index is 0.0248. The third-order valence-corrected chi connectivity index (χ3v) is 2.91. The van der Waals surface area contributed by atoms with Gasteiger partial charge in [-0.15, -0.1) is 0 Å². The summed E-state index contributed by atoms with van der Waals surface area (Å²) in [7, 11) is 1.77. The van der Waals surface area contributed by atoms with Crippen molar-refractivity contribution in [3.05, 3.63) is 11.9 Å². The molecule has 1 aromatic rings. The normalized spacial score (nSPS) is 12.0. The highest BCUT2D eigenvalue weighted by Gasteiger charge is 2.18. The summed E-state index contributed by atoms with van der Waals surface area (Å²) in [5.74, 6) is 1.12. The van der Waals surface area contributed by atoms with Crippen molar-refractivity contribution in [1.29, 1.82) is 0 Å². The standard InChI is InChI=1S/C12H21N5O/c1-5-9-10(13)14-7-15-11(9)16-8(3)12(18)17(4)6-2/h7-8H,5-6H2,1-4H3,(H3,13,14,15,16). The molecule has 6 heteroatoms. The van der Waals surface area contributed by atoms with Gasteiger partial charge < -0.3 is 16.0 Å². The number of hydrogen-bond acceptors (Lipinski definition) is 5. The maximum absolute atomic E-state index is 12.0. The van der Waals surface area contributed by atoms with Crippen LogP contribution in [0.15, 0.2) is 6.33 Å². The number of nitrogens with two attached hydrogens (primary N) is 1. The van der Waals surface area contributed by atoms with Crippen LogP contribution in [0.1, 0.15) is 26.3 Å². The molecule has 0 spiro atoms. The molecule has 0 aromatic carbocycles. The fourth-order valence-electron chi connectivity index (χ4n) is 1.65. The molecule has 0 aliphatic heterocycles. The fraction of sp³-hybridized carbons (Fsp3) is 0.583. The predicted molar refractivity (Wildman–Crippen MR) is 72.2 cm³/mol. The van der Waals surface area contributed by atoms with E-state index in [0.29, 0.717) is 18.2 Å². The Balaban J connectivity index is 2.85. The Labute approximate surface area is 108 Å². The third kappa shape index (κ3) is 3.09. The van der Waals surface area contributed by atoms with Gasteiger partial charge in [0.15, 0.2) is 0 Å². The number of likely N-dealkylation sites (N-methyl/N-ethyl adjacent to an activating group) is 1. The van der Waals surface area contributed by atoms with Crippen molar-refractivity contribution in [2.24, 2.45) is 0 Å². The van der Waals surface area contributed by atoms with Crippen molar-refractivity contribution < 1.29 is 4.79 Å². The van der Waals surface area contributed by atoms with E-state index < -0.39 is 0 Å². The molecule has 18 heavy (non-hydrogen) atoms. The summed E-state index contributed by atoms with van der Waals surface area (Å²) >= 11 is 0. The first-order chi connectivity index (χ1) is 8.51. The summed E-state index contributed by atoms with van der Waals surface area (Å²) < 4.78 is 0. The smallest absolute Gasteiger partial charge is 0.244 e. The van der Waals surface area contributed by atoms with Gasteiger partial charge in [-0.2, -0.15) is 0 Å². The lowest BCUT2D eigenvalue weighted by atomic mass is 10.2. The Morgan fingerprint density at radius 2 is 2.17 bits per heavy atom. The lowest BCUT2D eigenvalue weighted by Crippen LogP contribution is -2.39. The van der Waals surface area contributed by atoms with Crippen LogP contribution in [0.5, 0.6) is 0 Å². The number of nitrogen functional groups attached to an aromatic ring is 1. The summed E-state index contributed by atoms with van der Waals surface area (Å²) in [5, 5.41) is 3.09. The Kier molecular flexibility index (Phi) is 4.88. The number of nitrogens with one attached hydrogen (secondary N) is 1. The fourth-order valence-corrected chi connectivity index (χ4v) is 1.65. The zero-order chi connectivity index (χ0) is 13.7. The van der Waals surface area contributed by atoms with Gasteiger partial charge in [-0.1, -0.05) is 6.92 Å². The van der Waals surface area contributed by atoms with Gasteiger partial charge in [-0.3, -0.25) is 4.79 Å². The number of amides is 1. The number of hydrogen-bond donors (Lipinski definition) is 2. The van der Waals surface area contributed by atoms with E-state index in [4.69, 9.17) is 5.73 Å². The summed E-state index contributed by atoms with van der Waals surface area (Å²) in [6.07, 6.45) is 2.12. The molecular formula is C12H21N5O. The Hall–Kier alpha value is -1.85. The monoisotopic (exact) mass is 251 g/mol. The number of carbonyl (C=O) groups excluding carboxylic acids is 1. The lowest BCUT2D eigenvalue weighted by Gasteiger charge is -2.22. The summed E-state index contributed by atoms with van der Waals surface area (Å²) in [6, 6.07) is -0.338. The maximum Gasteiger partial charge on any atom is 0.244 e. The van der Waals surface area contributed by atoms with Crippen molar-refractivity contribution in [2.45, 2.75) is 33.2 Å². The molecule has 0 fully saturated rings. The first-order valence-corrected chi connectivity index (χ1v) is 6.12. The molecule has 0 aliphatic rings. The van der Waals surface area contributed by atoms with Crippen molar-refractivity contribution >= 4 is 17.5 Å². The topological polar surface area (TPSA) is 84.1 Å². The van der Waals surface area contributed by atoms with Crippen LogP contribution in [0.4, 0.5) is 11.6 Å². The molecule has 1 heterocycles. The van der Waals surface area contributed by atoms with Gasteiger partial charge in [0, 0.05) is 19.2 Å². The summed E-state index contributed by atoms with van der Waals surface area (Å²) in [4.78, 5) is 21.7. The summed E-state index contributed by atoms with van der Waals surface area (Å²) in [6.45, 7) is 6.40. The predicted octanol–water partition coefficient (Wildman–Crippen LogP) is 0.900. The summed E-state index contributed by atoms with van der Waals surface area (Å²) in [5.41, 5.74) is 6.63. The van der Waals surface area contributed by atoms with Crippen molar-refractivity contribution in [1.82, 2.24) is 14.9 Å². The molecule has 6 nitrogen and oxygen atoms in total. The van der Waals surface area contributed by atoms with E-state index in [1.807, 2.05) is 20.8 Å². The van der Waals surface area contributed by atoms with Crippen LogP contribution >= 0.6 is 0 Å².